The minimum atomic E-state index is -1.02. The molecule has 0 heterocycles. The van der Waals surface area contributed by atoms with Gasteiger partial charge in [0.2, 0.25) is 0 Å². The molecule has 0 atom stereocenters. The van der Waals surface area contributed by atoms with Crippen LogP contribution in [0.3, 0.4) is 0 Å². The van der Waals surface area contributed by atoms with Gasteiger partial charge in [0.1, 0.15) is 5.75 Å². The van der Waals surface area contributed by atoms with Crippen LogP contribution in [0.5, 0.6) is 5.75 Å². The maximum Gasteiger partial charge on any atom is 0.335 e. The number of halogens is 2. The molecule has 0 radical (unpaired) electrons. The summed E-state index contributed by atoms with van der Waals surface area (Å²) < 4.78 is 0. The fraction of sp³-hybridized carbons (Fsp3) is 0. The zero-order valence-electron chi connectivity index (χ0n) is 11.1. The van der Waals surface area contributed by atoms with Crippen molar-refractivity contribution >= 4 is 41.0 Å². The first kappa shape index (κ1) is 16.1. The monoisotopic (exact) mass is 336 g/mol. The molecule has 2 aromatic carbocycles. The van der Waals surface area contributed by atoms with E-state index in [1.165, 1.54) is 36.4 Å². The summed E-state index contributed by atoms with van der Waals surface area (Å²) in [6.07, 6.45) is 2.75. The third-order valence-corrected chi connectivity index (χ3v) is 3.38. The summed E-state index contributed by atoms with van der Waals surface area (Å²) in [6.45, 7) is 0. The molecule has 0 fully saturated rings. The summed E-state index contributed by atoms with van der Waals surface area (Å²) in [4.78, 5) is 22.8. The van der Waals surface area contributed by atoms with Gasteiger partial charge >= 0.3 is 5.97 Å². The molecule has 22 heavy (non-hydrogen) atoms. The fourth-order valence-corrected chi connectivity index (χ4v) is 2.25. The van der Waals surface area contributed by atoms with Gasteiger partial charge < -0.3 is 10.2 Å². The Morgan fingerprint density at radius 3 is 2.27 bits per heavy atom. The van der Waals surface area contributed by atoms with E-state index < -0.39 is 11.8 Å². The molecule has 2 rings (SSSR count). The summed E-state index contributed by atoms with van der Waals surface area (Å²) in [6, 6.07) is 8.66. The zero-order valence-corrected chi connectivity index (χ0v) is 12.6. The third kappa shape index (κ3) is 3.67. The van der Waals surface area contributed by atoms with Gasteiger partial charge in [0.05, 0.1) is 16.1 Å². The van der Waals surface area contributed by atoms with Gasteiger partial charge in [0.25, 0.3) is 0 Å². The summed E-state index contributed by atoms with van der Waals surface area (Å²) in [5, 5.41) is 18.8. The number of carboxylic acid groups (broad SMARTS) is 1. The van der Waals surface area contributed by atoms with Crippen LogP contribution in [0.2, 0.25) is 10.0 Å². The first-order valence-electron chi connectivity index (χ1n) is 6.12. The molecule has 0 aromatic heterocycles. The Morgan fingerprint density at radius 2 is 1.68 bits per heavy atom. The lowest BCUT2D eigenvalue weighted by molar-refractivity contribution is 0.0696. The van der Waals surface area contributed by atoms with Crippen LogP contribution in [-0.4, -0.2) is 22.0 Å². The summed E-state index contributed by atoms with van der Waals surface area (Å²) in [7, 11) is 0. The Kier molecular flexibility index (Phi) is 4.85. The second-order valence-electron chi connectivity index (χ2n) is 4.41. The molecule has 0 aliphatic rings. The maximum absolute atomic E-state index is 12.1. The minimum Gasteiger partial charge on any atom is -0.506 e. The zero-order chi connectivity index (χ0) is 16.3. The average molecular weight is 337 g/mol. The number of aromatic carboxylic acids is 1. The molecule has 0 aliphatic heterocycles. The molecule has 0 saturated carbocycles. The Bertz CT molecular complexity index is 764. The number of aromatic hydroxyl groups is 1. The van der Waals surface area contributed by atoms with Crippen molar-refractivity contribution in [2.45, 2.75) is 0 Å². The number of allylic oxidation sites excluding steroid dienone is 1. The van der Waals surface area contributed by atoms with E-state index in [0.29, 0.717) is 5.56 Å². The van der Waals surface area contributed by atoms with Crippen LogP contribution >= 0.6 is 23.2 Å². The molecule has 4 nitrogen and oxygen atoms in total. The SMILES string of the molecule is O=C(O)c1ccc(/C=C/C(=O)c2cc(Cl)cc(Cl)c2O)cc1. The fourth-order valence-electron chi connectivity index (χ4n) is 1.75. The Morgan fingerprint density at radius 1 is 1.05 bits per heavy atom. The van der Waals surface area contributed by atoms with Gasteiger partial charge in [-0.15, -0.1) is 0 Å². The molecule has 0 aliphatic carbocycles. The normalized spacial score (nSPS) is 10.8. The molecular formula is C16H10Cl2O4. The van der Waals surface area contributed by atoms with Crippen molar-refractivity contribution in [3.63, 3.8) is 0 Å². The lowest BCUT2D eigenvalue weighted by atomic mass is 10.1. The molecule has 6 heteroatoms. The van der Waals surface area contributed by atoms with E-state index in [9.17, 15) is 14.7 Å². The van der Waals surface area contributed by atoms with Gasteiger partial charge in [-0.2, -0.15) is 0 Å². The van der Waals surface area contributed by atoms with Gasteiger partial charge in [0.15, 0.2) is 5.78 Å². The smallest absolute Gasteiger partial charge is 0.335 e. The van der Waals surface area contributed by atoms with Gasteiger partial charge in [-0.3, -0.25) is 4.79 Å². The van der Waals surface area contributed by atoms with Crippen molar-refractivity contribution < 1.29 is 19.8 Å². The molecule has 2 N–H and O–H groups in total. The van der Waals surface area contributed by atoms with Crippen molar-refractivity contribution in [1.29, 1.82) is 0 Å². The van der Waals surface area contributed by atoms with Gasteiger partial charge in [-0.25, -0.2) is 4.79 Å². The number of carbonyl (C=O) groups is 2. The highest BCUT2D eigenvalue weighted by Crippen LogP contribution is 2.31. The van der Waals surface area contributed by atoms with Crippen LogP contribution in [0, 0.1) is 0 Å². The van der Waals surface area contributed by atoms with Crippen LogP contribution < -0.4 is 0 Å². The molecule has 0 saturated heterocycles. The molecule has 0 bridgehead atoms. The van der Waals surface area contributed by atoms with Gasteiger partial charge in [-0.05, 0) is 35.9 Å². The molecule has 112 valence electrons. The van der Waals surface area contributed by atoms with Crippen molar-refractivity contribution in [1.82, 2.24) is 0 Å². The van der Waals surface area contributed by atoms with Crippen molar-refractivity contribution in [2.75, 3.05) is 0 Å². The number of phenolic OH excluding ortho intramolecular Hbond substituents is 1. The van der Waals surface area contributed by atoms with Gasteiger partial charge in [-0.1, -0.05) is 41.4 Å². The van der Waals surface area contributed by atoms with Crippen molar-refractivity contribution in [3.8, 4) is 5.75 Å². The quantitative estimate of drug-likeness (QED) is 0.645. The standard InChI is InChI=1S/C16H10Cl2O4/c17-11-7-12(15(20)13(18)8-11)14(19)6-3-9-1-4-10(5-2-9)16(21)22/h1-8,20H,(H,21,22)/b6-3+. The van der Waals surface area contributed by atoms with Crippen LogP contribution in [0.25, 0.3) is 6.08 Å². The Labute approximate surface area is 136 Å². The summed E-state index contributed by atoms with van der Waals surface area (Å²) in [5.41, 5.74) is 0.796. The lowest BCUT2D eigenvalue weighted by Gasteiger charge is -2.03. The van der Waals surface area contributed by atoms with Crippen molar-refractivity contribution in [3.05, 3.63) is 69.2 Å². The highest BCUT2D eigenvalue weighted by molar-refractivity contribution is 6.36. The molecule has 2 aromatic rings. The van der Waals surface area contributed by atoms with Crippen LogP contribution in [0.1, 0.15) is 26.3 Å². The first-order valence-corrected chi connectivity index (χ1v) is 6.88. The second-order valence-corrected chi connectivity index (χ2v) is 5.25. The minimum absolute atomic E-state index is 0.00379. The summed E-state index contributed by atoms with van der Waals surface area (Å²) in [5.74, 6) is -1.82. The van der Waals surface area contributed by atoms with E-state index in [2.05, 4.69) is 0 Å². The Balaban J connectivity index is 2.23. The highest BCUT2D eigenvalue weighted by atomic mass is 35.5. The molecular weight excluding hydrogens is 327 g/mol. The summed E-state index contributed by atoms with van der Waals surface area (Å²) >= 11 is 11.6. The second kappa shape index (κ2) is 6.64. The lowest BCUT2D eigenvalue weighted by Crippen LogP contribution is -1.96. The van der Waals surface area contributed by atoms with E-state index in [0.717, 1.165) is 0 Å². The van der Waals surface area contributed by atoms with Crippen LogP contribution in [0.4, 0.5) is 0 Å². The number of carbonyl (C=O) groups excluding carboxylic acids is 1. The average Bonchev–Trinajstić information content (AvgIpc) is 2.48. The Hall–Kier alpha value is -2.30. The predicted molar refractivity (Wildman–Crippen MR) is 84.9 cm³/mol. The third-order valence-electron chi connectivity index (χ3n) is 2.88. The number of rotatable bonds is 4. The number of ketones is 1. The van der Waals surface area contributed by atoms with Gasteiger partial charge in [0, 0.05) is 5.02 Å². The number of hydrogen-bond donors (Lipinski definition) is 2. The first-order chi connectivity index (χ1) is 10.4. The van der Waals surface area contributed by atoms with Crippen LogP contribution in [-0.2, 0) is 0 Å². The molecule has 0 unspecified atom stereocenters. The number of hydrogen-bond acceptors (Lipinski definition) is 3. The number of phenols is 1. The number of benzene rings is 2. The number of carboxylic acids is 1. The van der Waals surface area contributed by atoms with Crippen LogP contribution in [0.15, 0.2) is 42.5 Å². The highest BCUT2D eigenvalue weighted by Gasteiger charge is 2.13. The molecule has 0 spiro atoms. The van der Waals surface area contributed by atoms with E-state index in [1.54, 1.807) is 12.1 Å². The van der Waals surface area contributed by atoms with E-state index >= 15 is 0 Å². The largest absolute Gasteiger partial charge is 0.506 e. The molecule has 0 amide bonds. The topological polar surface area (TPSA) is 74.6 Å². The predicted octanol–water partition coefficient (Wildman–Crippen LogP) is 4.29. The van der Waals surface area contributed by atoms with E-state index in [1.807, 2.05) is 0 Å². The van der Waals surface area contributed by atoms with E-state index in [-0.39, 0.29) is 26.9 Å². The van der Waals surface area contributed by atoms with E-state index in [4.69, 9.17) is 28.3 Å². The maximum atomic E-state index is 12.1. The van der Waals surface area contributed by atoms with Crippen molar-refractivity contribution in [2.24, 2.45) is 0 Å².